The third-order valence-electron chi connectivity index (χ3n) is 2.17. The fraction of sp³-hybridized carbons (Fsp3) is 0.222. The van der Waals surface area contributed by atoms with Crippen LogP contribution < -0.4 is 10.8 Å². The van der Waals surface area contributed by atoms with Crippen LogP contribution in [0, 0.1) is 0 Å². The molecule has 0 bridgehead atoms. The minimum Gasteiger partial charge on any atom is -0.761 e. The van der Waals surface area contributed by atoms with Gasteiger partial charge in [0.2, 0.25) is 0 Å². The van der Waals surface area contributed by atoms with E-state index in [4.69, 9.17) is 5.41 Å². The number of rotatable bonds is 1. The fourth-order valence-electron chi connectivity index (χ4n) is 1.38. The average molecular weight is 215 g/mol. The molecule has 0 unspecified atom stereocenters. The highest BCUT2D eigenvalue weighted by molar-refractivity contribution is 5.97. The average Bonchev–Trinajstić information content (AvgIpc) is 2.58. The summed E-state index contributed by atoms with van der Waals surface area (Å²) in [6.07, 6.45) is 1.42. The van der Waals surface area contributed by atoms with E-state index in [0.29, 0.717) is 11.2 Å². The van der Waals surface area contributed by atoms with Gasteiger partial charge in [0.05, 0.1) is 5.70 Å². The van der Waals surface area contributed by atoms with E-state index < -0.39 is 0 Å². The molecule has 1 aromatic rings. The molecule has 16 heavy (non-hydrogen) atoms. The smallest absolute Gasteiger partial charge is 0.194 e. The van der Waals surface area contributed by atoms with Crippen molar-refractivity contribution in [2.75, 3.05) is 0 Å². The van der Waals surface area contributed by atoms with Crippen molar-refractivity contribution in [3.63, 3.8) is 0 Å². The molecule has 2 rings (SSSR count). The number of ketones is 1. The second-order valence-corrected chi connectivity index (χ2v) is 3.18. The van der Waals surface area contributed by atoms with Crippen LogP contribution in [0.15, 0.2) is 27.5 Å². The van der Waals surface area contributed by atoms with Crippen LogP contribution in [-0.4, -0.2) is 21.2 Å². The molecular weight excluding hydrogens is 208 g/mol. The number of imidazole rings is 1. The lowest BCUT2D eigenvalue weighted by atomic mass is 10.2. The van der Waals surface area contributed by atoms with Gasteiger partial charge in [-0.25, -0.2) is 10.9 Å². The number of hydrogen-bond donors (Lipinski definition) is 0. The molecule has 80 valence electrons. The Labute approximate surface area is 90.0 Å². The van der Waals surface area contributed by atoms with E-state index in [0.717, 1.165) is 0 Å². The van der Waals surface area contributed by atoms with Gasteiger partial charge in [0.25, 0.3) is 0 Å². The van der Waals surface area contributed by atoms with Crippen molar-refractivity contribution in [2.24, 2.45) is 15.4 Å². The van der Waals surface area contributed by atoms with Gasteiger partial charge >= 0.3 is 0 Å². The largest absolute Gasteiger partial charge is 0.761 e. The molecule has 0 atom stereocenters. The van der Waals surface area contributed by atoms with Crippen LogP contribution in [0.4, 0.5) is 0 Å². The van der Waals surface area contributed by atoms with Crippen molar-refractivity contribution in [2.45, 2.75) is 13.8 Å². The Hall–Kier alpha value is -2.40. The first-order valence-corrected chi connectivity index (χ1v) is 4.46. The molecule has 0 aliphatic carbocycles. The first kappa shape index (κ1) is 10.1. The Morgan fingerprint density at radius 2 is 2.31 bits per heavy atom. The molecular formula is C9H7N6O-. The normalized spacial score (nSPS) is 13.9. The summed E-state index contributed by atoms with van der Waals surface area (Å²) >= 11 is 0. The van der Waals surface area contributed by atoms with Gasteiger partial charge in [-0.05, 0) is 12.1 Å². The van der Waals surface area contributed by atoms with E-state index in [2.05, 4.69) is 20.4 Å². The van der Waals surface area contributed by atoms with Gasteiger partial charge in [-0.15, -0.1) is 10.2 Å². The zero-order valence-electron chi connectivity index (χ0n) is 8.67. The van der Waals surface area contributed by atoms with Gasteiger partial charge < -0.3 is 5.41 Å². The van der Waals surface area contributed by atoms with E-state index >= 15 is 0 Å². The molecule has 2 heterocycles. The van der Waals surface area contributed by atoms with Gasteiger partial charge in [0.15, 0.2) is 11.3 Å². The molecule has 1 aromatic heterocycles. The Morgan fingerprint density at radius 1 is 1.56 bits per heavy atom. The van der Waals surface area contributed by atoms with Crippen LogP contribution in [0.2, 0.25) is 0 Å². The first-order valence-electron chi connectivity index (χ1n) is 4.46. The van der Waals surface area contributed by atoms with Crippen molar-refractivity contribution >= 4 is 17.4 Å². The molecule has 0 fully saturated rings. The van der Waals surface area contributed by atoms with Crippen LogP contribution in [0.3, 0.4) is 0 Å². The number of carbonyl (C=O) groups excluding carboxylic acids is 1. The van der Waals surface area contributed by atoms with Gasteiger partial charge in [-0.3, -0.25) is 9.36 Å². The van der Waals surface area contributed by atoms with Crippen molar-refractivity contribution in [1.29, 1.82) is 0 Å². The lowest BCUT2D eigenvalue weighted by Crippen LogP contribution is -2.30. The van der Waals surface area contributed by atoms with Crippen LogP contribution in [0.5, 0.6) is 0 Å². The second-order valence-electron chi connectivity index (χ2n) is 3.18. The number of fused-ring (bicyclic) bond motifs is 1. The summed E-state index contributed by atoms with van der Waals surface area (Å²) < 4.78 is 1.52. The lowest BCUT2D eigenvalue weighted by Gasteiger charge is -2.01. The minimum absolute atomic E-state index is 0.156. The first-order chi connectivity index (χ1) is 7.65. The summed E-state index contributed by atoms with van der Waals surface area (Å²) in [6.45, 7) is 3.09. The number of allylic oxidation sites excluding steroid dienone is 2. The molecule has 1 aliphatic rings. The number of hydrogen-bond acceptors (Lipinski definition) is 5. The van der Waals surface area contributed by atoms with Gasteiger partial charge in [-0.1, -0.05) is 0 Å². The molecule has 0 amide bonds. The van der Waals surface area contributed by atoms with Gasteiger partial charge in [-0.2, -0.15) is 0 Å². The SMILES string of the molecule is CC(=O)C1=C(C)n2cnc(=C=[N-])c2=NN=N1. The van der Waals surface area contributed by atoms with Crippen LogP contribution in [0.25, 0.3) is 11.1 Å². The maximum atomic E-state index is 11.3. The van der Waals surface area contributed by atoms with Crippen LogP contribution in [0.1, 0.15) is 13.8 Å². The van der Waals surface area contributed by atoms with E-state index in [1.54, 1.807) is 6.92 Å². The molecule has 0 saturated carbocycles. The monoisotopic (exact) mass is 215 g/mol. The molecule has 1 aliphatic heterocycles. The Balaban J connectivity index is 2.86. The molecule has 0 spiro atoms. The summed E-state index contributed by atoms with van der Waals surface area (Å²) in [5.74, 6) is 1.68. The van der Waals surface area contributed by atoms with E-state index in [1.807, 2.05) is 5.87 Å². The zero-order chi connectivity index (χ0) is 11.7. The standard InChI is InChI=1S/C9H7N6O/c1-5-8(6(2)16)12-14-13-9-7(3-10)11-4-15(5)9/h4H,1-2H3/q-1. The molecule has 0 radical (unpaired) electrons. The summed E-state index contributed by atoms with van der Waals surface area (Å²) in [4.78, 5) is 15.2. The predicted molar refractivity (Wildman–Crippen MR) is 54.9 cm³/mol. The van der Waals surface area contributed by atoms with Crippen LogP contribution in [-0.2, 0) is 4.79 Å². The van der Waals surface area contributed by atoms with E-state index in [9.17, 15) is 4.79 Å². The molecule has 0 saturated heterocycles. The topological polar surface area (TPSA) is 94.3 Å². The summed E-state index contributed by atoms with van der Waals surface area (Å²) in [5, 5.41) is 19.9. The number of Topliss-reactive ketones (excluding diaryl/α,β-unsaturated/α-hetero) is 1. The van der Waals surface area contributed by atoms with E-state index in [1.165, 1.54) is 17.8 Å². The van der Waals surface area contributed by atoms with E-state index in [-0.39, 0.29) is 16.8 Å². The summed E-state index contributed by atoms with van der Waals surface area (Å²) in [5.41, 5.74) is 1.06. The number of nitrogens with zero attached hydrogens (tertiary/aromatic N) is 6. The fourth-order valence-corrected chi connectivity index (χ4v) is 1.38. The minimum atomic E-state index is -0.212. The van der Waals surface area contributed by atoms with Gasteiger partial charge in [0.1, 0.15) is 17.4 Å². The Morgan fingerprint density at radius 3 is 2.94 bits per heavy atom. The van der Waals surface area contributed by atoms with Crippen molar-refractivity contribution in [3.05, 3.63) is 28.3 Å². The third-order valence-corrected chi connectivity index (χ3v) is 2.17. The van der Waals surface area contributed by atoms with Crippen LogP contribution >= 0.6 is 0 Å². The zero-order valence-corrected chi connectivity index (χ0v) is 8.67. The lowest BCUT2D eigenvalue weighted by molar-refractivity contribution is -0.113. The highest BCUT2D eigenvalue weighted by atomic mass is 16.1. The Kier molecular flexibility index (Phi) is 2.30. The van der Waals surface area contributed by atoms with Crippen molar-refractivity contribution in [1.82, 2.24) is 9.55 Å². The highest BCUT2D eigenvalue weighted by Gasteiger charge is 2.13. The highest BCUT2D eigenvalue weighted by Crippen LogP contribution is 2.12. The molecule has 7 heteroatoms. The Bertz CT molecular complexity index is 659. The quantitative estimate of drug-likeness (QED) is 0.594. The predicted octanol–water partition coefficient (Wildman–Crippen LogP) is -0.428. The van der Waals surface area contributed by atoms with Crippen molar-refractivity contribution in [3.8, 4) is 0 Å². The number of carbonyl (C=O) groups is 1. The molecule has 0 aromatic carbocycles. The molecule has 7 nitrogen and oxygen atoms in total. The maximum Gasteiger partial charge on any atom is 0.194 e. The number of aromatic nitrogens is 2. The summed E-state index contributed by atoms with van der Waals surface area (Å²) in [7, 11) is 0. The molecule has 0 N–H and O–H groups in total. The van der Waals surface area contributed by atoms with Gasteiger partial charge in [0, 0.05) is 6.92 Å². The maximum absolute atomic E-state index is 11.3. The second kappa shape index (κ2) is 3.63. The third kappa shape index (κ3) is 1.39. The summed E-state index contributed by atoms with van der Waals surface area (Å²) in [6, 6.07) is 0. The van der Waals surface area contributed by atoms with Crippen molar-refractivity contribution < 1.29 is 4.79 Å².